The van der Waals surface area contributed by atoms with Crippen LogP contribution in [0.2, 0.25) is 0 Å². The second-order valence-corrected chi connectivity index (χ2v) is 4.15. The minimum Gasteiger partial charge on any atom is -0.612 e. The van der Waals surface area contributed by atoms with Crippen LogP contribution >= 0.6 is 0 Å². The Bertz CT molecular complexity index is 358. The van der Waals surface area contributed by atoms with Crippen LogP contribution in [0.5, 0.6) is 0 Å². The lowest BCUT2D eigenvalue weighted by molar-refractivity contribution is 0.600. The molecule has 1 unspecified atom stereocenters. The minimum absolute atomic E-state index is 0.774. The van der Waals surface area contributed by atoms with Gasteiger partial charge in [0.15, 0.2) is 4.90 Å². The Labute approximate surface area is 87.6 Å². The van der Waals surface area contributed by atoms with Gasteiger partial charge in [-0.15, -0.1) is 0 Å². The van der Waals surface area contributed by atoms with Gasteiger partial charge in [0.25, 0.3) is 0 Å². The van der Waals surface area contributed by atoms with E-state index in [1.807, 2.05) is 37.3 Å². The van der Waals surface area contributed by atoms with Crippen molar-refractivity contribution < 1.29 is 4.55 Å². The van der Waals surface area contributed by atoms with Crippen molar-refractivity contribution in [3.05, 3.63) is 29.8 Å². The Hall–Kier alpha value is -1.06. The van der Waals surface area contributed by atoms with E-state index in [1.54, 1.807) is 6.26 Å². The van der Waals surface area contributed by atoms with Gasteiger partial charge in [-0.2, -0.15) is 0 Å². The summed E-state index contributed by atoms with van der Waals surface area (Å²) in [7, 11) is 0. The van der Waals surface area contributed by atoms with Gasteiger partial charge in [0.05, 0.1) is 11.3 Å². The zero-order valence-electron chi connectivity index (χ0n) is 8.36. The number of benzene rings is 1. The van der Waals surface area contributed by atoms with E-state index in [9.17, 15) is 4.55 Å². The van der Waals surface area contributed by atoms with Gasteiger partial charge in [0.2, 0.25) is 0 Å². The standard InChI is InChI=1S/C11H13NOS/c1-4-6-9-10(12-2)7-5-8-11(9)14(3)13/h4-8H,2H2,1,3H3/b6-4-. The van der Waals surface area contributed by atoms with E-state index in [0.29, 0.717) is 0 Å². The second kappa shape index (κ2) is 4.98. The smallest absolute Gasteiger partial charge is 0.161 e. The van der Waals surface area contributed by atoms with E-state index in [4.69, 9.17) is 0 Å². The molecule has 3 heteroatoms. The van der Waals surface area contributed by atoms with E-state index in [0.717, 1.165) is 16.1 Å². The van der Waals surface area contributed by atoms with Crippen molar-refractivity contribution in [3.8, 4) is 0 Å². The molecular weight excluding hydrogens is 194 g/mol. The minimum atomic E-state index is -0.993. The quantitative estimate of drug-likeness (QED) is 0.554. The highest BCUT2D eigenvalue weighted by Crippen LogP contribution is 2.27. The van der Waals surface area contributed by atoms with Crippen LogP contribution in [0.25, 0.3) is 6.08 Å². The highest BCUT2D eigenvalue weighted by molar-refractivity contribution is 7.90. The van der Waals surface area contributed by atoms with Gasteiger partial charge in [-0.25, -0.2) is 0 Å². The summed E-state index contributed by atoms with van der Waals surface area (Å²) in [5, 5.41) is 0. The van der Waals surface area contributed by atoms with Crippen LogP contribution in [0.4, 0.5) is 5.69 Å². The summed E-state index contributed by atoms with van der Waals surface area (Å²) in [6, 6.07) is 5.55. The molecule has 2 nitrogen and oxygen atoms in total. The summed E-state index contributed by atoms with van der Waals surface area (Å²) in [6.07, 6.45) is 5.47. The first-order valence-electron chi connectivity index (χ1n) is 4.26. The molecule has 0 radical (unpaired) electrons. The predicted molar refractivity (Wildman–Crippen MR) is 62.7 cm³/mol. The number of hydrogen-bond acceptors (Lipinski definition) is 2. The topological polar surface area (TPSA) is 35.4 Å². The van der Waals surface area contributed by atoms with E-state index in [-0.39, 0.29) is 0 Å². The molecule has 1 aromatic rings. The normalized spacial score (nSPS) is 13.1. The average molecular weight is 207 g/mol. The lowest BCUT2D eigenvalue weighted by Crippen LogP contribution is -1.99. The van der Waals surface area contributed by atoms with Crippen molar-refractivity contribution in [1.29, 1.82) is 0 Å². The van der Waals surface area contributed by atoms with Crippen LogP contribution in [0, 0.1) is 0 Å². The monoisotopic (exact) mass is 207 g/mol. The van der Waals surface area contributed by atoms with E-state index < -0.39 is 11.2 Å². The largest absolute Gasteiger partial charge is 0.612 e. The molecule has 1 aromatic carbocycles. The SMILES string of the molecule is C=Nc1cccc([S+](C)[O-])c1/C=C\C. The predicted octanol–water partition coefficient (Wildman–Crippen LogP) is 2.79. The van der Waals surface area contributed by atoms with Crippen LogP contribution < -0.4 is 0 Å². The maximum absolute atomic E-state index is 11.4. The Morgan fingerprint density at radius 2 is 2.21 bits per heavy atom. The summed E-state index contributed by atoms with van der Waals surface area (Å²) in [6.45, 7) is 5.41. The molecule has 1 atom stereocenters. The van der Waals surface area contributed by atoms with Gasteiger partial charge in [0.1, 0.15) is 6.26 Å². The highest BCUT2D eigenvalue weighted by atomic mass is 32.2. The van der Waals surface area contributed by atoms with Crippen LogP contribution in [-0.2, 0) is 11.2 Å². The maximum Gasteiger partial charge on any atom is 0.161 e. The molecule has 74 valence electrons. The number of allylic oxidation sites excluding steroid dienone is 1. The summed E-state index contributed by atoms with van der Waals surface area (Å²) in [5.74, 6) is 0. The lowest BCUT2D eigenvalue weighted by Gasteiger charge is -2.09. The molecule has 0 heterocycles. The van der Waals surface area contributed by atoms with Crippen molar-refractivity contribution in [1.82, 2.24) is 0 Å². The third-order valence-corrected chi connectivity index (χ3v) is 2.83. The molecule has 0 fully saturated rings. The fraction of sp³-hybridized carbons (Fsp3) is 0.182. The Morgan fingerprint density at radius 1 is 1.50 bits per heavy atom. The third kappa shape index (κ3) is 2.25. The molecule has 0 saturated carbocycles. The molecule has 0 aliphatic carbocycles. The van der Waals surface area contributed by atoms with Gasteiger partial charge in [-0.05, 0) is 36.9 Å². The highest BCUT2D eigenvalue weighted by Gasteiger charge is 2.12. The lowest BCUT2D eigenvalue weighted by atomic mass is 10.1. The first kappa shape index (κ1) is 11.0. The van der Waals surface area contributed by atoms with Crippen molar-refractivity contribution in [2.45, 2.75) is 11.8 Å². The zero-order valence-corrected chi connectivity index (χ0v) is 9.17. The number of rotatable bonds is 3. The molecule has 0 N–H and O–H groups in total. The van der Waals surface area contributed by atoms with E-state index in [2.05, 4.69) is 11.7 Å². The summed E-state index contributed by atoms with van der Waals surface area (Å²) >= 11 is -0.993. The second-order valence-electron chi connectivity index (χ2n) is 2.80. The molecule has 14 heavy (non-hydrogen) atoms. The van der Waals surface area contributed by atoms with E-state index in [1.165, 1.54) is 0 Å². The number of aliphatic imine (C=N–C) groups is 1. The Balaban J connectivity index is 3.34. The molecule has 0 bridgehead atoms. The Morgan fingerprint density at radius 3 is 2.71 bits per heavy atom. The first-order chi connectivity index (χ1) is 6.70. The summed E-state index contributed by atoms with van der Waals surface area (Å²) < 4.78 is 11.4. The molecule has 0 aliphatic rings. The number of nitrogens with zero attached hydrogens (tertiary/aromatic N) is 1. The van der Waals surface area contributed by atoms with Gasteiger partial charge >= 0.3 is 0 Å². The van der Waals surface area contributed by atoms with Gasteiger partial charge in [-0.1, -0.05) is 18.2 Å². The molecule has 0 spiro atoms. The zero-order chi connectivity index (χ0) is 10.6. The van der Waals surface area contributed by atoms with Gasteiger partial charge < -0.3 is 4.55 Å². The van der Waals surface area contributed by atoms with Crippen molar-refractivity contribution in [3.63, 3.8) is 0 Å². The molecule has 1 rings (SSSR count). The molecule has 0 aromatic heterocycles. The number of hydrogen-bond donors (Lipinski definition) is 0. The maximum atomic E-state index is 11.4. The van der Waals surface area contributed by atoms with Crippen LogP contribution in [0.1, 0.15) is 12.5 Å². The van der Waals surface area contributed by atoms with Gasteiger partial charge in [-0.3, -0.25) is 4.99 Å². The van der Waals surface area contributed by atoms with Crippen molar-refractivity contribution in [2.75, 3.05) is 6.26 Å². The molecule has 0 aliphatic heterocycles. The van der Waals surface area contributed by atoms with Gasteiger partial charge in [0, 0.05) is 0 Å². The van der Waals surface area contributed by atoms with Crippen LogP contribution in [0.3, 0.4) is 0 Å². The molecular formula is C11H13NOS. The molecule has 0 amide bonds. The average Bonchev–Trinajstić information content (AvgIpc) is 2.18. The van der Waals surface area contributed by atoms with Crippen LogP contribution in [-0.4, -0.2) is 17.5 Å². The first-order valence-corrected chi connectivity index (χ1v) is 5.82. The fourth-order valence-electron chi connectivity index (χ4n) is 1.26. The van der Waals surface area contributed by atoms with Crippen molar-refractivity contribution >= 4 is 29.7 Å². The van der Waals surface area contributed by atoms with Crippen molar-refractivity contribution in [2.24, 2.45) is 4.99 Å². The summed E-state index contributed by atoms with van der Waals surface area (Å²) in [5.41, 5.74) is 1.67. The van der Waals surface area contributed by atoms with Crippen LogP contribution in [0.15, 0.2) is 34.2 Å². The molecule has 0 saturated heterocycles. The Kier molecular flexibility index (Phi) is 3.92. The van der Waals surface area contributed by atoms with E-state index >= 15 is 0 Å². The third-order valence-electron chi connectivity index (χ3n) is 1.86. The summed E-state index contributed by atoms with van der Waals surface area (Å²) in [4.78, 5) is 4.70. The fourth-order valence-corrected chi connectivity index (χ4v) is 2.01.